The number of nitrogens with one attached hydrogen (secondary N) is 1. The fourth-order valence-corrected chi connectivity index (χ4v) is 3.74. The average molecular weight is 380 g/mol. The first-order valence-electron chi connectivity index (χ1n) is 8.47. The maximum atomic E-state index is 12.4. The number of ether oxygens (including phenoxy) is 1. The maximum absolute atomic E-state index is 12.4. The number of carbonyl (C=O) groups is 2. The van der Waals surface area contributed by atoms with Crippen LogP contribution in [0, 0.1) is 20.8 Å². The van der Waals surface area contributed by atoms with E-state index in [0.717, 1.165) is 22.4 Å². The minimum atomic E-state index is -0.399. The van der Waals surface area contributed by atoms with E-state index in [-0.39, 0.29) is 5.91 Å². The average Bonchev–Trinajstić information content (AvgIpc) is 3.02. The third-order valence-electron chi connectivity index (χ3n) is 4.04. The van der Waals surface area contributed by atoms with Crippen LogP contribution in [-0.2, 0) is 4.79 Å². The number of nitrogens with zero attached hydrogens (tertiary/aromatic N) is 1. The third-order valence-corrected chi connectivity index (χ3v) is 4.79. The molecule has 0 unspecified atom stereocenters. The van der Waals surface area contributed by atoms with Crippen molar-refractivity contribution in [3.05, 3.63) is 64.0 Å². The second kappa shape index (κ2) is 7.72. The Morgan fingerprint density at radius 1 is 1.04 bits per heavy atom. The van der Waals surface area contributed by atoms with Crippen LogP contribution in [0.25, 0.3) is 11.3 Å². The molecule has 3 rings (SSSR count). The minimum Gasteiger partial charge on any atom is -0.427 e. The second-order valence-corrected chi connectivity index (χ2v) is 7.24. The molecular weight excluding hydrogens is 360 g/mol. The summed E-state index contributed by atoms with van der Waals surface area (Å²) in [5.74, 6) is -0.257. The molecule has 0 aliphatic rings. The molecular formula is C21H20N2O3S. The number of esters is 1. The topological polar surface area (TPSA) is 68.3 Å². The van der Waals surface area contributed by atoms with Crippen molar-refractivity contribution in [2.75, 3.05) is 5.32 Å². The summed E-state index contributed by atoms with van der Waals surface area (Å²) in [5, 5.41) is 5.31. The van der Waals surface area contributed by atoms with Crippen molar-refractivity contribution in [1.82, 2.24) is 4.98 Å². The smallest absolute Gasteiger partial charge is 0.308 e. The lowest BCUT2D eigenvalue weighted by Gasteiger charge is -2.08. The molecule has 27 heavy (non-hydrogen) atoms. The summed E-state index contributed by atoms with van der Waals surface area (Å²) in [6.07, 6.45) is 0. The number of amides is 1. The van der Waals surface area contributed by atoms with Gasteiger partial charge < -0.3 is 4.74 Å². The Bertz CT molecular complexity index is 984. The highest BCUT2D eigenvalue weighted by molar-refractivity contribution is 7.14. The number of aryl methyl sites for hydroxylation is 3. The number of benzene rings is 2. The fraction of sp³-hybridized carbons (Fsp3) is 0.190. The minimum absolute atomic E-state index is 0.261. The summed E-state index contributed by atoms with van der Waals surface area (Å²) in [6, 6.07) is 10.6. The molecule has 138 valence electrons. The number of hydrogen-bond donors (Lipinski definition) is 1. The van der Waals surface area contributed by atoms with Crippen molar-refractivity contribution < 1.29 is 14.3 Å². The first kappa shape index (κ1) is 18.8. The van der Waals surface area contributed by atoms with Gasteiger partial charge in [-0.3, -0.25) is 14.9 Å². The van der Waals surface area contributed by atoms with Crippen molar-refractivity contribution >= 4 is 28.3 Å². The number of rotatable bonds is 4. The number of carbonyl (C=O) groups excluding carboxylic acids is 2. The largest absolute Gasteiger partial charge is 0.427 e. The highest BCUT2D eigenvalue weighted by atomic mass is 32.1. The molecule has 0 bridgehead atoms. The predicted molar refractivity (Wildman–Crippen MR) is 107 cm³/mol. The molecule has 2 aromatic carbocycles. The predicted octanol–water partition coefficient (Wildman–Crippen LogP) is 4.91. The number of hydrogen-bond acceptors (Lipinski definition) is 5. The lowest BCUT2D eigenvalue weighted by Crippen LogP contribution is -2.11. The Kier molecular flexibility index (Phi) is 5.37. The van der Waals surface area contributed by atoms with Gasteiger partial charge in [0.15, 0.2) is 5.13 Å². The van der Waals surface area contributed by atoms with E-state index in [1.807, 2.05) is 5.38 Å². The van der Waals surface area contributed by atoms with Crippen molar-refractivity contribution in [3.8, 4) is 17.0 Å². The van der Waals surface area contributed by atoms with E-state index >= 15 is 0 Å². The summed E-state index contributed by atoms with van der Waals surface area (Å²) in [7, 11) is 0. The van der Waals surface area contributed by atoms with E-state index in [1.165, 1.54) is 23.8 Å². The normalized spacial score (nSPS) is 10.5. The zero-order chi connectivity index (χ0) is 19.6. The molecule has 0 aliphatic carbocycles. The van der Waals surface area contributed by atoms with Gasteiger partial charge in [0.2, 0.25) is 0 Å². The Balaban J connectivity index is 1.76. The van der Waals surface area contributed by atoms with E-state index in [9.17, 15) is 9.59 Å². The molecule has 0 radical (unpaired) electrons. The maximum Gasteiger partial charge on any atom is 0.308 e. The standard InChI is InChI=1S/C21H20N2O3S/c1-12-9-13(2)19(14(3)10-12)18-11-27-21(22-18)23-20(25)16-5-7-17(8-6-16)26-15(4)24/h5-11H,1-4H3,(H,22,23,25). The van der Waals surface area contributed by atoms with Crippen LogP contribution in [0.3, 0.4) is 0 Å². The lowest BCUT2D eigenvalue weighted by atomic mass is 9.98. The molecule has 1 heterocycles. The van der Waals surface area contributed by atoms with Gasteiger partial charge in [0.25, 0.3) is 5.91 Å². The molecule has 0 saturated heterocycles. The SMILES string of the molecule is CC(=O)Oc1ccc(C(=O)Nc2nc(-c3c(C)cc(C)cc3C)cs2)cc1. The molecule has 0 saturated carbocycles. The van der Waals surface area contributed by atoms with E-state index in [2.05, 4.69) is 43.2 Å². The molecule has 0 fully saturated rings. The van der Waals surface area contributed by atoms with Crippen LogP contribution in [-0.4, -0.2) is 16.9 Å². The molecule has 6 heteroatoms. The van der Waals surface area contributed by atoms with Crippen LogP contribution in [0.15, 0.2) is 41.8 Å². The highest BCUT2D eigenvalue weighted by Gasteiger charge is 2.13. The van der Waals surface area contributed by atoms with Gasteiger partial charge in [0.1, 0.15) is 5.75 Å². The molecule has 0 aliphatic heterocycles. The van der Waals surface area contributed by atoms with Gasteiger partial charge in [-0.15, -0.1) is 11.3 Å². The van der Waals surface area contributed by atoms with Crippen LogP contribution in [0.5, 0.6) is 5.75 Å². The van der Waals surface area contributed by atoms with Crippen LogP contribution < -0.4 is 10.1 Å². The molecule has 1 N–H and O–H groups in total. The molecule has 0 atom stereocenters. The third kappa shape index (κ3) is 4.41. The second-order valence-electron chi connectivity index (χ2n) is 6.38. The number of anilines is 1. The van der Waals surface area contributed by atoms with E-state index in [4.69, 9.17) is 4.74 Å². The first-order chi connectivity index (χ1) is 12.8. The van der Waals surface area contributed by atoms with Crippen LogP contribution >= 0.6 is 11.3 Å². The first-order valence-corrected chi connectivity index (χ1v) is 9.35. The summed E-state index contributed by atoms with van der Waals surface area (Å²) >= 11 is 1.39. The van der Waals surface area contributed by atoms with E-state index in [0.29, 0.717) is 16.4 Å². The zero-order valence-corrected chi connectivity index (χ0v) is 16.4. The monoisotopic (exact) mass is 380 g/mol. The fourth-order valence-electron chi connectivity index (χ4n) is 3.04. The van der Waals surface area contributed by atoms with Crippen LogP contribution in [0.2, 0.25) is 0 Å². The van der Waals surface area contributed by atoms with Crippen molar-refractivity contribution in [2.24, 2.45) is 0 Å². The van der Waals surface area contributed by atoms with Gasteiger partial charge in [-0.05, 0) is 56.2 Å². The summed E-state index contributed by atoms with van der Waals surface area (Å²) in [4.78, 5) is 27.9. The van der Waals surface area contributed by atoms with Crippen molar-refractivity contribution in [1.29, 1.82) is 0 Å². The van der Waals surface area contributed by atoms with Crippen molar-refractivity contribution in [2.45, 2.75) is 27.7 Å². The summed E-state index contributed by atoms with van der Waals surface area (Å²) < 4.78 is 4.97. The van der Waals surface area contributed by atoms with Gasteiger partial charge in [-0.25, -0.2) is 4.98 Å². The summed E-state index contributed by atoms with van der Waals surface area (Å²) in [6.45, 7) is 7.54. The van der Waals surface area contributed by atoms with Crippen molar-refractivity contribution in [3.63, 3.8) is 0 Å². The van der Waals surface area contributed by atoms with E-state index in [1.54, 1.807) is 24.3 Å². The zero-order valence-electron chi connectivity index (χ0n) is 15.6. The molecule has 3 aromatic rings. The number of aromatic nitrogens is 1. The van der Waals surface area contributed by atoms with E-state index < -0.39 is 5.97 Å². The van der Waals surface area contributed by atoms with Gasteiger partial charge in [-0.1, -0.05) is 17.7 Å². The van der Waals surface area contributed by atoms with Gasteiger partial charge in [0, 0.05) is 23.4 Å². The van der Waals surface area contributed by atoms with Gasteiger partial charge >= 0.3 is 5.97 Å². The molecule has 5 nitrogen and oxygen atoms in total. The number of thiazole rings is 1. The molecule has 1 amide bonds. The van der Waals surface area contributed by atoms with Gasteiger partial charge in [-0.2, -0.15) is 0 Å². The molecule has 1 aromatic heterocycles. The quantitative estimate of drug-likeness (QED) is 0.516. The Morgan fingerprint density at radius 3 is 2.26 bits per heavy atom. The Morgan fingerprint density at radius 2 is 1.67 bits per heavy atom. The highest BCUT2D eigenvalue weighted by Crippen LogP contribution is 2.31. The van der Waals surface area contributed by atoms with Crippen LogP contribution in [0.4, 0.5) is 5.13 Å². The summed E-state index contributed by atoms with van der Waals surface area (Å²) in [5.41, 5.74) is 5.96. The molecule has 0 spiro atoms. The lowest BCUT2D eigenvalue weighted by molar-refractivity contribution is -0.131. The Labute approximate surface area is 162 Å². The Hall–Kier alpha value is -2.99. The van der Waals surface area contributed by atoms with Crippen LogP contribution in [0.1, 0.15) is 34.0 Å². The van der Waals surface area contributed by atoms with Gasteiger partial charge in [0.05, 0.1) is 5.69 Å².